The van der Waals surface area contributed by atoms with E-state index in [-0.39, 0.29) is 29.5 Å². The third kappa shape index (κ3) is 8.13. The Balaban J connectivity index is 0.720. The van der Waals surface area contributed by atoms with E-state index in [4.69, 9.17) is 14.7 Å². The molecule has 4 saturated heterocycles. The van der Waals surface area contributed by atoms with Gasteiger partial charge in [0, 0.05) is 117 Å². The summed E-state index contributed by atoms with van der Waals surface area (Å²) in [6.45, 7) is 13.9. The molecule has 2 aromatic heterocycles. The molecular weight excluding hydrogens is 786 g/mol. The molecule has 10 rings (SSSR count). The molecule has 0 radical (unpaired) electrons. The van der Waals surface area contributed by atoms with Crippen LogP contribution in [-0.2, 0) is 27.3 Å². The van der Waals surface area contributed by atoms with E-state index >= 15 is 4.39 Å². The van der Waals surface area contributed by atoms with E-state index in [1.54, 1.807) is 13.8 Å². The van der Waals surface area contributed by atoms with Crippen molar-refractivity contribution in [3.63, 3.8) is 0 Å². The van der Waals surface area contributed by atoms with Crippen molar-refractivity contribution in [1.82, 2.24) is 35.0 Å². The third-order valence-electron chi connectivity index (χ3n) is 14.9. The molecule has 14 heteroatoms. The molecule has 6 aliphatic heterocycles. The minimum atomic E-state index is -1.35. The second-order valence-electron chi connectivity index (χ2n) is 19.6. The summed E-state index contributed by atoms with van der Waals surface area (Å²) in [5, 5.41) is 14.7. The summed E-state index contributed by atoms with van der Waals surface area (Å²) >= 11 is 0. The molecule has 13 nitrogen and oxygen atoms in total. The quantitative estimate of drug-likeness (QED) is 0.191. The van der Waals surface area contributed by atoms with Gasteiger partial charge in [0.2, 0.25) is 17.8 Å². The van der Waals surface area contributed by atoms with E-state index in [1.807, 2.05) is 23.4 Å². The second-order valence-corrected chi connectivity index (χ2v) is 19.6. The fourth-order valence-corrected chi connectivity index (χ4v) is 11.5. The molecule has 0 aliphatic carbocycles. The number of aliphatic hydroxyl groups excluding tert-OH is 1. The van der Waals surface area contributed by atoms with Crippen LogP contribution < -0.4 is 15.1 Å². The predicted molar refractivity (Wildman–Crippen MR) is 236 cm³/mol. The predicted octanol–water partition coefficient (Wildman–Crippen LogP) is 5.63. The van der Waals surface area contributed by atoms with Crippen LogP contribution in [0, 0.1) is 5.92 Å². The van der Waals surface area contributed by atoms with Crippen molar-refractivity contribution in [2.75, 3.05) is 68.8 Å². The van der Waals surface area contributed by atoms with Crippen LogP contribution in [0.4, 0.5) is 16.0 Å². The molecule has 0 saturated carbocycles. The average Bonchev–Trinajstić information content (AvgIpc) is 3.72. The summed E-state index contributed by atoms with van der Waals surface area (Å²) in [7, 11) is 0. The first-order chi connectivity index (χ1) is 29.9. The van der Waals surface area contributed by atoms with Gasteiger partial charge in [-0.25, -0.2) is 14.4 Å². The molecule has 62 heavy (non-hydrogen) atoms. The van der Waals surface area contributed by atoms with Crippen molar-refractivity contribution < 1.29 is 23.8 Å². The zero-order valence-electron chi connectivity index (χ0n) is 36.5. The molecule has 6 aliphatic rings. The molecule has 1 spiro atoms. The molecule has 4 fully saturated rings. The number of H-pyrrole nitrogens is 1. The molecule has 3 N–H and O–H groups in total. The van der Waals surface area contributed by atoms with Gasteiger partial charge >= 0.3 is 0 Å². The van der Waals surface area contributed by atoms with Crippen LogP contribution in [0.25, 0.3) is 10.9 Å². The van der Waals surface area contributed by atoms with E-state index in [0.717, 1.165) is 125 Å². The normalized spacial score (nSPS) is 26.8. The number of para-hydroxylation sites is 1. The van der Waals surface area contributed by atoms with Crippen molar-refractivity contribution in [1.29, 1.82) is 0 Å². The molecule has 330 valence electrons. The van der Waals surface area contributed by atoms with Gasteiger partial charge in [0.05, 0.1) is 24.3 Å². The Labute approximate surface area is 364 Å². The highest BCUT2D eigenvalue weighted by Gasteiger charge is 2.42. The lowest BCUT2D eigenvalue weighted by molar-refractivity contribution is -0.141. The van der Waals surface area contributed by atoms with E-state index < -0.39 is 17.9 Å². The number of aromatic nitrogens is 3. The first kappa shape index (κ1) is 41.5. The van der Waals surface area contributed by atoms with Gasteiger partial charge in [-0.05, 0) is 101 Å². The number of carbonyl (C=O) groups excluding carboxylic acids is 2. The number of alkyl halides is 1. The SMILES string of the molecule is C[C@@H]1Cc2c([nH]c3ccccc23)[C@@H](c2cnc(N3CCC4(CCN(CC5CCN(c6ccc7c(c6)CN(C6CCC(=O)NC6=O)C7O)CC5)CCO4)CC3)nc2)N1CC(C)(C)F. The number of halogens is 1. The zero-order chi connectivity index (χ0) is 42.8. The third-order valence-corrected chi connectivity index (χ3v) is 14.9. The number of carbonyl (C=O) groups is 2. The fraction of sp³-hybridized carbons (Fsp3) is 0.583. The Morgan fingerprint density at radius 3 is 2.47 bits per heavy atom. The van der Waals surface area contributed by atoms with Crippen LogP contribution >= 0.6 is 0 Å². The van der Waals surface area contributed by atoms with Gasteiger partial charge in [-0.1, -0.05) is 24.3 Å². The van der Waals surface area contributed by atoms with Gasteiger partial charge in [-0.3, -0.25) is 24.7 Å². The van der Waals surface area contributed by atoms with Crippen LogP contribution in [0.1, 0.15) is 106 Å². The van der Waals surface area contributed by atoms with Gasteiger partial charge in [0.25, 0.3) is 0 Å². The number of hydrogen-bond donors (Lipinski definition) is 3. The van der Waals surface area contributed by atoms with Gasteiger partial charge in [-0.2, -0.15) is 0 Å². The summed E-state index contributed by atoms with van der Waals surface area (Å²) in [5.41, 5.74) is 6.13. The maximum absolute atomic E-state index is 15.3. The van der Waals surface area contributed by atoms with E-state index in [9.17, 15) is 14.7 Å². The number of imide groups is 1. The summed E-state index contributed by atoms with van der Waals surface area (Å²) in [6.07, 6.45) is 9.87. The molecule has 8 heterocycles. The zero-order valence-corrected chi connectivity index (χ0v) is 36.5. The van der Waals surface area contributed by atoms with E-state index in [1.165, 1.54) is 16.6 Å². The average molecular weight is 848 g/mol. The molecule has 4 atom stereocenters. The number of rotatable bonds is 8. The number of nitrogens with one attached hydrogen (secondary N) is 2. The number of ether oxygens (including phenoxy) is 1. The molecule has 2 amide bonds. The minimum Gasteiger partial charge on any atom is -0.374 e. The lowest BCUT2D eigenvalue weighted by atomic mass is 9.87. The first-order valence-electron chi connectivity index (χ1n) is 23.0. The van der Waals surface area contributed by atoms with Gasteiger partial charge < -0.3 is 29.5 Å². The summed E-state index contributed by atoms with van der Waals surface area (Å²) in [6, 6.07) is 14.2. The number of nitrogens with zero attached hydrogens (tertiary/aromatic N) is 7. The summed E-state index contributed by atoms with van der Waals surface area (Å²) in [4.78, 5) is 49.3. The number of aliphatic hydroxyl groups is 1. The Bertz CT molecular complexity index is 2280. The Morgan fingerprint density at radius 2 is 1.71 bits per heavy atom. The molecular formula is C48H62FN9O4. The Kier molecular flexibility index (Phi) is 11.1. The van der Waals surface area contributed by atoms with Gasteiger partial charge in [0.15, 0.2) is 0 Å². The number of amides is 2. The van der Waals surface area contributed by atoms with E-state index in [0.29, 0.717) is 31.8 Å². The molecule has 4 aromatic rings. The second kappa shape index (κ2) is 16.6. The van der Waals surface area contributed by atoms with Gasteiger partial charge in [-0.15, -0.1) is 0 Å². The van der Waals surface area contributed by atoms with Crippen LogP contribution in [0.2, 0.25) is 0 Å². The Morgan fingerprint density at radius 1 is 0.952 bits per heavy atom. The summed E-state index contributed by atoms with van der Waals surface area (Å²) < 4.78 is 22.0. The number of aromatic amines is 1. The standard InChI is InChI=1S/C48H62FN9O4/c1-31-24-38-37-6-4-5-7-39(37)52-42(38)43(58(31)30-47(2,3)49)34-26-50-46(51-27-34)56-20-15-48(16-21-56)14-19-54(22-23-62-48)28-32-12-17-55(18-13-32)35-8-9-36-33(25-35)29-57(45(36)61)40-10-11-41(59)53-44(40)60/h4-9,25-27,31-32,40,43,45,52,61H,10-24,28-30H2,1-3H3,(H,53,59,60)/t31-,40?,43-,45?/m1/s1. The number of benzene rings is 2. The maximum Gasteiger partial charge on any atom is 0.244 e. The van der Waals surface area contributed by atoms with Gasteiger partial charge in [0.1, 0.15) is 11.9 Å². The first-order valence-corrected chi connectivity index (χ1v) is 23.0. The monoisotopic (exact) mass is 847 g/mol. The highest BCUT2D eigenvalue weighted by atomic mass is 19.1. The van der Waals surface area contributed by atoms with Crippen LogP contribution in [-0.4, -0.2) is 129 Å². The van der Waals surface area contributed by atoms with E-state index in [2.05, 4.69) is 73.2 Å². The maximum atomic E-state index is 15.3. The molecule has 2 aromatic carbocycles. The number of hydrogen-bond acceptors (Lipinski definition) is 11. The number of fused-ring (bicyclic) bond motifs is 4. The summed E-state index contributed by atoms with van der Waals surface area (Å²) in [5.74, 6) is 0.822. The van der Waals surface area contributed by atoms with Crippen LogP contribution in [0.5, 0.6) is 0 Å². The van der Waals surface area contributed by atoms with Crippen molar-refractivity contribution in [2.45, 2.75) is 114 Å². The van der Waals surface area contributed by atoms with Crippen LogP contribution in [0.15, 0.2) is 54.9 Å². The van der Waals surface area contributed by atoms with Crippen molar-refractivity contribution in [3.8, 4) is 0 Å². The van der Waals surface area contributed by atoms with Crippen LogP contribution in [0.3, 0.4) is 0 Å². The lowest BCUT2D eigenvalue weighted by Gasteiger charge is -2.43. The van der Waals surface area contributed by atoms with Crippen molar-refractivity contribution in [3.05, 3.63) is 82.8 Å². The largest absolute Gasteiger partial charge is 0.374 e. The fourth-order valence-electron chi connectivity index (χ4n) is 11.5. The number of anilines is 2. The Hall–Kier alpha value is -4.47. The lowest BCUT2D eigenvalue weighted by Crippen LogP contribution is -2.51. The highest BCUT2D eigenvalue weighted by Crippen LogP contribution is 2.42. The smallest absolute Gasteiger partial charge is 0.244 e. The minimum absolute atomic E-state index is 0.118. The molecule has 0 bridgehead atoms. The van der Waals surface area contributed by atoms with Crippen molar-refractivity contribution in [2.24, 2.45) is 5.92 Å². The topological polar surface area (TPSA) is 133 Å². The number of piperidine rings is 3. The molecule has 2 unspecified atom stereocenters. The highest BCUT2D eigenvalue weighted by molar-refractivity contribution is 6.00. The van der Waals surface area contributed by atoms with Crippen molar-refractivity contribution >= 4 is 34.4 Å².